The van der Waals surface area contributed by atoms with Crippen LogP contribution in [0.25, 0.3) is 0 Å². The molecule has 1 aliphatic carbocycles. The van der Waals surface area contributed by atoms with Crippen LogP contribution in [0.15, 0.2) is 36.5 Å². The predicted octanol–water partition coefficient (Wildman–Crippen LogP) is 4.91. The van der Waals surface area contributed by atoms with Crippen molar-refractivity contribution in [3.05, 3.63) is 58.8 Å². The summed E-state index contributed by atoms with van der Waals surface area (Å²) in [6.07, 6.45) is 9.35. The maximum absolute atomic E-state index is 13.1. The van der Waals surface area contributed by atoms with Crippen LogP contribution in [-0.2, 0) is 36.7 Å². The van der Waals surface area contributed by atoms with Gasteiger partial charge in [-0.2, -0.15) is 0 Å². The smallest absolute Gasteiger partial charge is 0.225 e. The number of benzene rings is 1. The van der Waals surface area contributed by atoms with Gasteiger partial charge in [-0.05, 0) is 74.3 Å². The van der Waals surface area contributed by atoms with Crippen LogP contribution in [0.3, 0.4) is 0 Å². The minimum Gasteiger partial charge on any atom is -0.381 e. The van der Waals surface area contributed by atoms with Gasteiger partial charge >= 0.3 is 0 Å². The number of amides is 1. The Hall–Kier alpha value is -2.56. The Labute approximate surface area is 270 Å². The van der Waals surface area contributed by atoms with Crippen LogP contribution >= 0.6 is 0 Å². The predicted molar refractivity (Wildman–Crippen MR) is 176 cm³/mol. The van der Waals surface area contributed by atoms with Crippen molar-refractivity contribution < 1.29 is 23.7 Å². The molecule has 45 heavy (non-hydrogen) atoms. The number of carbonyl (C=O) groups is 1. The summed E-state index contributed by atoms with van der Waals surface area (Å²) in [6.45, 7) is 11.4. The van der Waals surface area contributed by atoms with Gasteiger partial charge in [0, 0.05) is 59.2 Å². The highest BCUT2D eigenvalue weighted by Gasteiger charge is 2.40. The van der Waals surface area contributed by atoms with Crippen molar-refractivity contribution in [1.82, 2.24) is 14.8 Å². The number of anilines is 1. The Morgan fingerprint density at radius 1 is 1.04 bits per heavy atom. The fraction of sp³-hybridized carbons (Fsp3) is 0.667. The normalized spacial score (nSPS) is 19.1. The summed E-state index contributed by atoms with van der Waals surface area (Å²) < 4.78 is 23.1. The number of rotatable bonds is 14. The van der Waals surface area contributed by atoms with Crippen molar-refractivity contribution >= 4 is 11.7 Å². The van der Waals surface area contributed by atoms with E-state index in [-0.39, 0.29) is 17.6 Å². The number of piperidine rings is 1. The van der Waals surface area contributed by atoms with E-state index >= 15 is 0 Å². The Morgan fingerprint density at radius 2 is 1.80 bits per heavy atom. The zero-order chi connectivity index (χ0) is 31.6. The standard InChI is InChI=1S/C36H54N4O5/c1-28-22-33(37-24-29(28)2)39-18-21-45-36(27-39)14-16-38(17-15-36)25-31-9-7-8-30(23-31)12-19-44-20-13-34(41)40(26-35(42-3)43-4)32-10-5-6-11-32/h7-9,22-24,32,35H,5-6,10-21,25-27H2,1-4H3. The van der Waals surface area contributed by atoms with Crippen molar-refractivity contribution in [3.8, 4) is 0 Å². The van der Waals surface area contributed by atoms with Gasteiger partial charge in [-0.15, -0.1) is 0 Å². The van der Waals surface area contributed by atoms with E-state index in [1.165, 1.54) is 35.1 Å². The van der Waals surface area contributed by atoms with Gasteiger partial charge in [0.25, 0.3) is 0 Å². The van der Waals surface area contributed by atoms with Crippen LogP contribution in [0.2, 0.25) is 0 Å². The van der Waals surface area contributed by atoms with Crippen LogP contribution in [0.5, 0.6) is 0 Å². The van der Waals surface area contributed by atoms with E-state index in [0.717, 1.165) is 77.3 Å². The molecule has 2 aliphatic heterocycles. The summed E-state index contributed by atoms with van der Waals surface area (Å²) in [5.74, 6) is 1.20. The first-order valence-electron chi connectivity index (χ1n) is 16.9. The number of hydrogen-bond donors (Lipinski definition) is 0. The Bertz CT molecular complexity index is 1220. The second-order valence-corrected chi connectivity index (χ2v) is 13.2. The van der Waals surface area contributed by atoms with Crippen molar-refractivity contribution in [2.45, 2.75) is 89.7 Å². The van der Waals surface area contributed by atoms with Crippen LogP contribution in [0, 0.1) is 13.8 Å². The highest BCUT2D eigenvalue weighted by Crippen LogP contribution is 2.33. The van der Waals surface area contributed by atoms with Crippen LogP contribution < -0.4 is 4.90 Å². The van der Waals surface area contributed by atoms with Gasteiger partial charge in [0.2, 0.25) is 5.91 Å². The van der Waals surface area contributed by atoms with E-state index in [1.807, 2.05) is 11.1 Å². The summed E-state index contributed by atoms with van der Waals surface area (Å²) in [6, 6.07) is 11.4. The van der Waals surface area contributed by atoms with E-state index in [4.69, 9.17) is 23.9 Å². The first-order valence-corrected chi connectivity index (χ1v) is 16.9. The Balaban J connectivity index is 1.04. The lowest BCUT2D eigenvalue weighted by atomic mass is 9.89. The summed E-state index contributed by atoms with van der Waals surface area (Å²) in [5.41, 5.74) is 5.05. The SMILES string of the molecule is COC(CN(C(=O)CCOCCc1cccc(CN2CCC3(CC2)CN(c2cc(C)c(C)cn2)CCO3)c1)C1CCCC1)OC. The molecule has 2 aromatic rings. The molecule has 1 aromatic carbocycles. The average molecular weight is 623 g/mol. The number of morpholine rings is 1. The lowest BCUT2D eigenvalue weighted by molar-refractivity contribution is -0.150. The molecular formula is C36H54N4O5. The highest BCUT2D eigenvalue weighted by atomic mass is 16.7. The van der Waals surface area contributed by atoms with Crippen molar-refractivity contribution in [2.75, 3.05) is 71.7 Å². The number of aromatic nitrogens is 1. The van der Waals surface area contributed by atoms with E-state index in [0.29, 0.717) is 26.2 Å². The van der Waals surface area contributed by atoms with Crippen molar-refractivity contribution in [1.29, 1.82) is 0 Å². The number of methoxy groups -OCH3 is 2. The molecule has 9 nitrogen and oxygen atoms in total. The number of likely N-dealkylation sites (tertiary alicyclic amines) is 1. The molecule has 5 rings (SSSR count). The van der Waals surface area contributed by atoms with Gasteiger partial charge in [-0.1, -0.05) is 37.1 Å². The van der Waals surface area contributed by atoms with E-state index in [2.05, 4.69) is 54.0 Å². The second-order valence-electron chi connectivity index (χ2n) is 13.2. The molecule has 1 amide bonds. The third kappa shape index (κ3) is 9.26. The van der Waals surface area contributed by atoms with Crippen molar-refractivity contribution in [2.24, 2.45) is 0 Å². The second kappa shape index (κ2) is 16.3. The third-order valence-corrected chi connectivity index (χ3v) is 10.0. The number of hydrogen-bond acceptors (Lipinski definition) is 8. The maximum atomic E-state index is 13.1. The molecule has 1 saturated carbocycles. The molecule has 248 valence electrons. The fourth-order valence-electron chi connectivity index (χ4n) is 7.06. The molecule has 0 bridgehead atoms. The molecule has 0 unspecified atom stereocenters. The molecule has 3 aliphatic rings. The topological polar surface area (TPSA) is 76.6 Å². The Morgan fingerprint density at radius 3 is 2.53 bits per heavy atom. The summed E-state index contributed by atoms with van der Waals surface area (Å²) in [5, 5.41) is 0. The minimum atomic E-state index is -0.397. The van der Waals surface area contributed by atoms with Crippen LogP contribution in [-0.4, -0.2) is 105 Å². The molecule has 3 fully saturated rings. The number of aryl methyl sites for hydroxylation is 2. The van der Waals surface area contributed by atoms with Gasteiger partial charge in [-0.3, -0.25) is 9.69 Å². The molecule has 0 atom stereocenters. The first-order chi connectivity index (χ1) is 21.9. The number of ether oxygens (including phenoxy) is 4. The first kappa shape index (κ1) is 33.8. The van der Waals surface area contributed by atoms with Gasteiger partial charge < -0.3 is 28.7 Å². The number of pyridine rings is 1. The van der Waals surface area contributed by atoms with E-state index in [1.54, 1.807) is 14.2 Å². The summed E-state index contributed by atoms with van der Waals surface area (Å²) in [7, 11) is 3.24. The number of carbonyl (C=O) groups excluding carboxylic acids is 1. The van der Waals surface area contributed by atoms with Gasteiger partial charge in [0.1, 0.15) is 5.82 Å². The third-order valence-electron chi connectivity index (χ3n) is 10.0. The fourth-order valence-corrected chi connectivity index (χ4v) is 7.06. The van der Waals surface area contributed by atoms with Crippen LogP contribution in [0.4, 0.5) is 5.82 Å². The molecular weight excluding hydrogens is 568 g/mol. The molecule has 1 spiro atoms. The summed E-state index contributed by atoms with van der Waals surface area (Å²) in [4.78, 5) is 24.7. The minimum absolute atomic E-state index is 0.0841. The molecule has 1 aromatic heterocycles. The maximum Gasteiger partial charge on any atom is 0.225 e. The lowest BCUT2D eigenvalue weighted by Gasteiger charge is -2.47. The van der Waals surface area contributed by atoms with Gasteiger partial charge in [0.15, 0.2) is 6.29 Å². The van der Waals surface area contributed by atoms with Crippen LogP contribution in [0.1, 0.15) is 67.2 Å². The zero-order valence-electron chi connectivity index (χ0n) is 28.0. The van der Waals surface area contributed by atoms with E-state index in [9.17, 15) is 4.79 Å². The van der Waals surface area contributed by atoms with Crippen molar-refractivity contribution in [3.63, 3.8) is 0 Å². The highest BCUT2D eigenvalue weighted by molar-refractivity contribution is 5.76. The molecule has 0 N–H and O–H groups in total. The Kier molecular flexibility index (Phi) is 12.3. The lowest BCUT2D eigenvalue weighted by Crippen LogP contribution is -2.57. The zero-order valence-corrected chi connectivity index (χ0v) is 28.0. The monoisotopic (exact) mass is 622 g/mol. The molecule has 2 saturated heterocycles. The molecule has 9 heteroatoms. The number of nitrogens with zero attached hydrogens (tertiary/aromatic N) is 4. The van der Waals surface area contributed by atoms with Gasteiger partial charge in [-0.25, -0.2) is 4.98 Å². The molecule has 3 heterocycles. The summed E-state index contributed by atoms with van der Waals surface area (Å²) >= 11 is 0. The average Bonchev–Trinajstić information content (AvgIpc) is 3.59. The largest absolute Gasteiger partial charge is 0.381 e. The van der Waals surface area contributed by atoms with E-state index < -0.39 is 6.29 Å². The van der Waals surface area contributed by atoms with Gasteiger partial charge in [0.05, 0.1) is 38.4 Å². The molecule has 0 radical (unpaired) electrons. The quantitative estimate of drug-likeness (QED) is 0.217.